The highest BCUT2D eigenvalue weighted by Crippen LogP contribution is 2.30. The quantitative estimate of drug-likeness (QED) is 0.655. The van der Waals surface area contributed by atoms with Crippen LogP contribution in [0.25, 0.3) is 0 Å². The summed E-state index contributed by atoms with van der Waals surface area (Å²) in [5.41, 5.74) is -0.592. The summed E-state index contributed by atoms with van der Waals surface area (Å²) >= 11 is 0. The van der Waals surface area contributed by atoms with Crippen LogP contribution >= 0.6 is 0 Å². The average molecular weight is 279 g/mol. The highest BCUT2D eigenvalue weighted by atomic mass is 19.3. The van der Waals surface area contributed by atoms with Gasteiger partial charge in [0.1, 0.15) is 5.60 Å². The summed E-state index contributed by atoms with van der Waals surface area (Å²) in [5, 5.41) is 0. The predicted octanol–water partition coefficient (Wildman–Crippen LogP) is 4.46. The first-order valence-corrected chi connectivity index (χ1v) is 6.98. The fourth-order valence-corrected chi connectivity index (χ4v) is 1.80. The summed E-state index contributed by atoms with van der Waals surface area (Å²) in [6, 6.07) is -0.196. The summed E-state index contributed by atoms with van der Waals surface area (Å²) in [6.45, 7) is 11.1. The number of amides is 1. The first-order valence-electron chi connectivity index (χ1n) is 6.98. The molecule has 19 heavy (non-hydrogen) atoms. The van der Waals surface area contributed by atoms with Crippen molar-refractivity contribution in [2.45, 2.75) is 78.4 Å². The van der Waals surface area contributed by atoms with Crippen LogP contribution in [-0.4, -0.2) is 35.1 Å². The summed E-state index contributed by atoms with van der Waals surface area (Å²) in [6.07, 6.45) is -0.626. The Bertz CT molecular complexity index is 288. The summed E-state index contributed by atoms with van der Waals surface area (Å²) in [4.78, 5) is 13.3. The van der Waals surface area contributed by atoms with Gasteiger partial charge in [0, 0.05) is 25.4 Å². The molecule has 1 rings (SSSR count). The van der Waals surface area contributed by atoms with E-state index >= 15 is 0 Å². The molecule has 0 aliphatic carbocycles. The summed E-state index contributed by atoms with van der Waals surface area (Å²) in [5.74, 6) is -2.66. The second-order valence-electron chi connectivity index (χ2n) is 5.67. The summed E-state index contributed by atoms with van der Waals surface area (Å²) in [7, 11) is 0. The van der Waals surface area contributed by atoms with E-state index in [1.807, 2.05) is 13.8 Å². The number of likely N-dealkylation sites (tertiary alicyclic amines) is 1. The lowest BCUT2D eigenvalue weighted by atomic mass is 10.1. The number of halogens is 2. The minimum absolute atomic E-state index is 0.0586. The number of hydrogen-bond acceptors (Lipinski definition) is 2. The molecular weight excluding hydrogens is 252 g/mol. The van der Waals surface area contributed by atoms with Gasteiger partial charge in [0.15, 0.2) is 0 Å². The van der Waals surface area contributed by atoms with Crippen LogP contribution in [-0.2, 0) is 4.74 Å². The largest absolute Gasteiger partial charge is 0.444 e. The van der Waals surface area contributed by atoms with Crippen LogP contribution < -0.4 is 0 Å². The third-order valence-corrected chi connectivity index (χ3v) is 2.81. The minimum Gasteiger partial charge on any atom is -0.444 e. The van der Waals surface area contributed by atoms with E-state index in [9.17, 15) is 13.6 Å². The van der Waals surface area contributed by atoms with Gasteiger partial charge in [0.25, 0.3) is 0 Å². The van der Waals surface area contributed by atoms with Gasteiger partial charge < -0.3 is 9.64 Å². The van der Waals surface area contributed by atoms with Gasteiger partial charge in [-0.15, -0.1) is 0 Å². The second-order valence-corrected chi connectivity index (χ2v) is 5.67. The third kappa shape index (κ3) is 6.73. The van der Waals surface area contributed by atoms with Crippen LogP contribution in [0, 0.1) is 0 Å². The predicted molar refractivity (Wildman–Crippen MR) is 72.5 cm³/mol. The van der Waals surface area contributed by atoms with E-state index in [-0.39, 0.29) is 25.4 Å². The molecule has 1 fully saturated rings. The Morgan fingerprint density at radius 2 is 1.79 bits per heavy atom. The van der Waals surface area contributed by atoms with Crippen molar-refractivity contribution in [1.29, 1.82) is 0 Å². The Hall–Kier alpha value is -0.870. The molecule has 1 saturated heterocycles. The molecule has 5 heteroatoms. The highest BCUT2D eigenvalue weighted by molar-refractivity contribution is 5.68. The van der Waals surface area contributed by atoms with Crippen molar-refractivity contribution in [3.05, 3.63) is 0 Å². The smallest absolute Gasteiger partial charge is 0.410 e. The Morgan fingerprint density at radius 1 is 1.26 bits per heavy atom. The molecule has 0 aromatic carbocycles. The van der Waals surface area contributed by atoms with Crippen molar-refractivity contribution in [2.24, 2.45) is 0 Å². The maximum Gasteiger partial charge on any atom is 0.410 e. The molecule has 1 amide bonds. The van der Waals surface area contributed by atoms with E-state index in [1.165, 1.54) is 4.90 Å². The topological polar surface area (TPSA) is 29.5 Å². The summed E-state index contributed by atoms with van der Waals surface area (Å²) < 4.78 is 31.7. The molecular formula is C14H27F2NO2. The molecule has 0 aromatic rings. The third-order valence-electron chi connectivity index (χ3n) is 2.81. The molecule has 1 unspecified atom stereocenters. The lowest BCUT2D eigenvalue weighted by molar-refractivity contribution is -0.0146. The van der Waals surface area contributed by atoms with Crippen molar-refractivity contribution in [3.63, 3.8) is 0 Å². The van der Waals surface area contributed by atoms with E-state index in [0.717, 1.165) is 0 Å². The van der Waals surface area contributed by atoms with Gasteiger partial charge in [-0.3, -0.25) is 0 Å². The van der Waals surface area contributed by atoms with Crippen LogP contribution in [0.15, 0.2) is 0 Å². The Labute approximate surface area is 115 Å². The molecule has 3 nitrogen and oxygen atoms in total. The maximum atomic E-state index is 13.2. The maximum absolute atomic E-state index is 13.2. The number of rotatable bonds is 0. The van der Waals surface area contributed by atoms with Gasteiger partial charge in [-0.2, -0.15) is 0 Å². The molecule has 1 heterocycles. The van der Waals surface area contributed by atoms with E-state index in [4.69, 9.17) is 4.74 Å². The van der Waals surface area contributed by atoms with Crippen LogP contribution in [0.4, 0.5) is 13.6 Å². The Morgan fingerprint density at radius 3 is 2.26 bits per heavy atom. The zero-order valence-electron chi connectivity index (χ0n) is 12.9. The van der Waals surface area contributed by atoms with Gasteiger partial charge in [-0.05, 0) is 34.1 Å². The van der Waals surface area contributed by atoms with Gasteiger partial charge in [-0.1, -0.05) is 13.8 Å². The van der Waals surface area contributed by atoms with E-state index < -0.39 is 17.6 Å². The SMILES string of the molecule is CC.CC1CCC(F)(F)CCN1C(=O)OC(C)(C)C. The lowest BCUT2D eigenvalue weighted by Crippen LogP contribution is -2.42. The number of alkyl halides is 2. The molecule has 0 saturated carbocycles. The van der Waals surface area contributed by atoms with E-state index in [1.54, 1.807) is 27.7 Å². The zero-order valence-corrected chi connectivity index (χ0v) is 12.9. The number of carbonyl (C=O) groups excluding carboxylic acids is 1. The van der Waals surface area contributed by atoms with E-state index in [0.29, 0.717) is 6.42 Å². The fraction of sp³-hybridized carbons (Fsp3) is 0.929. The fourth-order valence-electron chi connectivity index (χ4n) is 1.80. The van der Waals surface area contributed by atoms with Crippen LogP contribution in [0.2, 0.25) is 0 Å². The van der Waals surface area contributed by atoms with Crippen molar-refractivity contribution < 1.29 is 18.3 Å². The number of nitrogens with zero attached hydrogens (tertiary/aromatic N) is 1. The molecule has 0 bridgehead atoms. The number of hydrogen-bond donors (Lipinski definition) is 0. The van der Waals surface area contributed by atoms with Crippen molar-refractivity contribution >= 4 is 6.09 Å². The minimum atomic E-state index is -2.66. The van der Waals surface area contributed by atoms with Gasteiger partial charge >= 0.3 is 6.09 Å². The van der Waals surface area contributed by atoms with Gasteiger partial charge in [0.05, 0.1) is 0 Å². The Balaban J connectivity index is 0.00000154. The molecule has 114 valence electrons. The van der Waals surface area contributed by atoms with Gasteiger partial charge in [-0.25, -0.2) is 13.6 Å². The zero-order chi connectivity index (χ0) is 15.3. The molecule has 1 aliphatic heterocycles. The van der Waals surface area contributed by atoms with Crippen LogP contribution in [0.1, 0.15) is 60.8 Å². The molecule has 0 aromatic heterocycles. The first kappa shape index (κ1) is 18.1. The van der Waals surface area contributed by atoms with Gasteiger partial charge in [0.2, 0.25) is 5.92 Å². The number of ether oxygens (including phenoxy) is 1. The van der Waals surface area contributed by atoms with Crippen molar-refractivity contribution in [2.75, 3.05) is 6.54 Å². The lowest BCUT2D eigenvalue weighted by Gasteiger charge is -2.30. The molecule has 0 spiro atoms. The molecule has 1 aliphatic rings. The normalized spacial score (nSPS) is 22.9. The molecule has 0 radical (unpaired) electrons. The first-order chi connectivity index (χ1) is 8.61. The number of carbonyl (C=O) groups is 1. The van der Waals surface area contributed by atoms with Crippen LogP contribution in [0.3, 0.4) is 0 Å². The van der Waals surface area contributed by atoms with Crippen molar-refractivity contribution in [3.8, 4) is 0 Å². The standard InChI is InChI=1S/C12H21F2NO2.C2H6/c1-9-5-6-12(13,14)7-8-15(9)10(16)17-11(2,3)4;1-2/h9H,5-8H2,1-4H3;1-2H3. The monoisotopic (exact) mass is 279 g/mol. The Kier molecular flexibility index (Phi) is 6.73. The average Bonchev–Trinajstić information content (AvgIpc) is 2.39. The van der Waals surface area contributed by atoms with Crippen LogP contribution in [0.5, 0.6) is 0 Å². The highest BCUT2D eigenvalue weighted by Gasteiger charge is 2.37. The second kappa shape index (κ2) is 7.06. The molecule has 0 N–H and O–H groups in total. The van der Waals surface area contributed by atoms with Crippen molar-refractivity contribution in [1.82, 2.24) is 4.90 Å². The molecule has 1 atom stereocenters. The van der Waals surface area contributed by atoms with E-state index in [2.05, 4.69) is 0 Å².